The maximum atomic E-state index is 9.16. The molecule has 0 radical (unpaired) electrons. The fraction of sp³-hybridized carbons (Fsp3) is 0. The second kappa shape index (κ2) is 5.34. The van der Waals surface area contributed by atoms with Gasteiger partial charge in [-0.15, -0.1) is 0 Å². The summed E-state index contributed by atoms with van der Waals surface area (Å²) in [5, 5.41) is 10.1. The second-order valence-corrected chi connectivity index (χ2v) is 6.22. The van der Waals surface area contributed by atoms with Crippen molar-refractivity contribution in [3.05, 3.63) is 41.1 Å². The summed E-state index contributed by atoms with van der Waals surface area (Å²) in [7, 11) is 0. The van der Waals surface area contributed by atoms with Crippen molar-refractivity contribution in [1.82, 2.24) is 4.98 Å². The Morgan fingerprint density at radius 3 is 2.47 bits per heavy atom. The molecule has 2 nitrogen and oxygen atoms in total. The van der Waals surface area contributed by atoms with Gasteiger partial charge in [0.1, 0.15) is 6.07 Å². The molecular formula is C11H4Cl2I2N2. The number of hydrogen-bond donors (Lipinski definition) is 1. The molecule has 2 aromatic rings. The highest BCUT2D eigenvalue weighted by molar-refractivity contribution is 14.1. The van der Waals surface area contributed by atoms with Gasteiger partial charge in [-0.1, -0.05) is 29.3 Å². The van der Waals surface area contributed by atoms with Crippen LogP contribution in [0.2, 0.25) is 10.0 Å². The predicted octanol–water partition coefficient (Wildman–Crippen LogP) is 5.07. The van der Waals surface area contributed by atoms with E-state index in [-0.39, 0.29) is 0 Å². The van der Waals surface area contributed by atoms with Crippen molar-refractivity contribution in [3.63, 3.8) is 0 Å². The average molecular weight is 489 g/mol. The van der Waals surface area contributed by atoms with Crippen LogP contribution in [0.3, 0.4) is 0 Å². The van der Waals surface area contributed by atoms with Gasteiger partial charge in [-0.2, -0.15) is 5.26 Å². The lowest BCUT2D eigenvalue weighted by atomic mass is 10.1. The minimum Gasteiger partial charge on any atom is -0.348 e. The Morgan fingerprint density at radius 1 is 1.18 bits per heavy atom. The quantitative estimate of drug-likeness (QED) is 0.559. The molecule has 0 fully saturated rings. The van der Waals surface area contributed by atoms with Crippen molar-refractivity contribution in [2.45, 2.75) is 0 Å². The predicted molar refractivity (Wildman–Crippen MR) is 86.4 cm³/mol. The Morgan fingerprint density at radius 2 is 1.88 bits per heavy atom. The second-order valence-electron chi connectivity index (χ2n) is 3.24. The Labute approximate surface area is 136 Å². The molecule has 1 aromatic heterocycles. The lowest BCUT2D eigenvalue weighted by molar-refractivity contribution is 1.34. The van der Waals surface area contributed by atoms with E-state index in [0.717, 1.165) is 18.5 Å². The third-order valence-corrected chi connectivity index (χ3v) is 5.88. The highest BCUT2D eigenvalue weighted by Gasteiger charge is 2.15. The van der Waals surface area contributed by atoms with Crippen molar-refractivity contribution >= 4 is 68.4 Å². The number of aromatic nitrogens is 1. The van der Waals surface area contributed by atoms with Gasteiger partial charge < -0.3 is 4.98 Å². The zero-order chi connectivity index (χ0) is 12.6. The fourth-order valence-corrected chi connectivity index (χ4v) is 2.78. The summed E-state index contributed by atoms with van der Waals surface area (Å²) in [6, 6.07) is 7.51. The van der Waals surface area contributed by atoms with E-state index in [2.05, 4.69) is 56.2 Å². The van der Waals surface area contributed by atoms with E-state index in [1.54, 1.807) is 12.1 Å². The van der Waals surface area contributed by atoms with E-state index >= 15 is 0 Å². The highest BCUT2D eigenvalue weighted by Crippen LogP contribution is 2.33. The minimum absolute atomic E-state index is 0.479. The van der Waals surface area contributed by atoms with Crippen LogP contribution >= 0.6 is 68.4 Å². The van der Waals surface area contributed by atoms with Gasteiger partial charge in [-0.25, -0.2) is 0 Å². The van der Waals surface area contributed by atoms with Crippen LogP contribution in [-0.4, -0.2) is 4.98 Å². The minimum atomic E-state index is 0.479. The Balaban J connectivity index is 2.65. The van der Waals surface area contributed by atoms with E-state index in [0.29, 0.717) is 15.6 Å². The molecule has 2 rings (SSSR count). The molecule has 0 amide bonds. The van der Waals surface area contributed by atoms with Crippen LogP contribution in [0.5, 0.6) is 0 Å². The Bertz CT molecular complexity index is 629. The largest absolute Gasteiger partial charge is 0.348 e. The standard InChI is InChI=1S/C11H4Cl2I2N2/c12-7-2-1-5(3-8(7)13)10-6(4-16)9(14)11(15)17-10/h1-3,17H. The summed E-state index contributed by atoms with van der Waals surface area (Å²) >= 11 is 16.2. The van der Waals surface area contributed by atoms with Crippen LogP contribution in [-0.2, 0) is 0 Å². The van der Waals surface area contributed by atoms with Gasteiger partial charge in [0.25, 0.3) is 0 Å². The van der Waals surface area contributed by atoms with Crippen LogP contribution in [0.25, 0.3) is 11.3 Å². The summed E-state index contributed by atoms with van der Waals surface area (Å²) in [5.41, 5.74) is 2.27. The summed E-state index contributed by atoms with van der Waals surface area (Å²) in [5.74, 6) is 0. The molecule has 0 aliphatic heterocycles. The van der Waals surface area contributed by atoms with Gasteiger partial charge >= 0.3 is 0 Å². The zero-order valence-corrected chi connectivity index (χ0v) is 14.0. The molecule has 0 bridgehead atoms. The fourth-order valence-electron chi connectivity index (χ4n) is 1.42. The molecule has 1 aromatic carbocycles. The lowest BCUT2D eigenvalue weighted by Crippen LogP contribution is -1.83. The molecule has 0 saturated heterocycles. The Kier molecular flexibility index (Phi) is 4.23. The van der Waals surface area contributed by atoms with Gasteiger partial charge in [0.15, 0.2) is 0 Å². The van der Waals surface area contributed by atoms with E-state index in [4.69, 9.17) is 28.5 Å². The van der Waals surface area contributed by atoms with Crippen molar-refractivity contribution < 1.29 is 0 Å². The van der Waals surface area contributed by atoms with Gasteiger partial charge in [0.05, 0.1) is 28.6 Å². The van der Waals surface area contributed by atoms with Crippen molar-refractivity contribution in [2.24, 2.45) is 0 Å². The van der Waals surface area contributed by atoms with Crippen molar-refractivity contribution in [2.75, 3.05) is 0 Å². The average Bonchev–Trinajstić information content (AvgIpc) is 2.59. The van der Waals surface area contributed by atoms with E-state index in [9.17, 15) is 0 Å². The number of aromatic amines is 1. The number of nitrogens with one attached hydrogen (secondary N) is 1. The van der Waals surface area contributed by atoms with Crippen LogP contribution in [0, 0.1) is 18.6 Å². The SMILES string of the molecule is N#Cc1c(-c2ccc(Cl)c(Cl)c2)[nH]c(I)c1I. The molecule has 0 unspecified atom stereocenters. The summed E-state index contributed by atoms with van der Waals surface area (Å²) in [6.07, 6.45) is 0. The van der Waals surface area contributed by atoms with Crippen LogP contribution in [0.15, 0.2) is 18.2 Å². The first-order valence-corrected chi connectivity index (χ1v) is 7.38. The number of rotatable bonds is 1. The number of nitriles is 1. The zero-order valence-electron chi connectivity index (χ0n) is 8.19. The Hall–Kier alpha value is 0.0300. The van der Waals surface area contributed by atoms with Gasteiger partial charge in [0.2, 0.25) is 0 Å². The van der Waals surface area contributed by atoms with Gasteiger partial charge in [-0.05, 0) is 57.3 Å². The van der Waals surface area contributed by atoms with Crippen molar-refractivity contribution in [3.8, 4) is 17.3 Å². The summed E-state index contributed by atoms with van der Waals surface area (Å²) in [6.45, 7) is 0. The van der Waals surface area contributed by atoms with E-state index in [1.165, 1.54) is 0 Å². The number of benzene rings is 1. The lowest BCUT2D eigenvalue weighted by Gasteiger charge is -2.01. The first-order valence-electron chi connectivity index (χ1n) is 4.47. The third kappa shape index (κ3) is 2.57. The monoisotopic (exact) mass is 488 g/mol. The molecule has 0 aliphatic rings. The molecular weight excluding hydrogens is 485 g/mol. The number of hydrogen-bond acceptors (Lipinski definition) is 1. The highest BCUT2D eigenvalue weighted by atomic mass is 127. The number of nitrogens with zero attached hydrogens (tertiary/aromatic N) is 1. The van der Waals surface area contributed by atoms with Crippen LogP contribution < -0.4 is 0 Å². The third-order valence-electron chi connectivity index (χ3n) is 2.22. The first-order chi connectivity index (χ1) is 8.04. The van der Waals surface area contributed by atoms with Crippen LogP contribution in [0.4, 0.5) is 0 Å². The molecule has 0 saturated carbocycles. The topological polar surface area (TPSA) is 39.6 Å². The maximum absolute atomic E-state index is 9.16. The van der Waals surface area contributed by atoms with E-state index < -0.39 is 0 Å². The van der Waals surface area contributed by atoms with Gasteiger partial charge in [0, 0.05) is 5.56 Å². The molecule has 6 heteroatoms. The maximum Gasteiger partial charge on any atom is 0.103 e. The van der Waals surface area contributed by atoms with Crippen molar-refractivity contribution in [1.29, 1.82) is 5.26 Å². The normalized spacial score (nSPS) is 10.3. The summed E-state index contributed by atoms with van der Waals surface area (Å²) in [4.78, 5) is 3.18. The van der Waals surface area contributed by atoms with E-state index in [1.807, 2.05) is 6.07 Å². The molecule has 17 heavy (non-hydrogen) atoms. The smallest absolute Gasteiger partial charge is 0.103 e. The molecule has 1 heterocycles. The molecule has 0 atom stereocenters. The summed E-state index contributed by atoms with van der Waals surface area (Å²) < 4.78 is 1.87. The molecule has 0 aliphatic carbocycles. The van der Waals surface area contributed by atoms with Crippen LogP contribution in [0.1, 0.15) is 5.56 Å². The first kappa shape index (κ1) is 13.5. The number of H-pyrrole nitrogens is 1. The number of halogens is 4. The van der Waals surface area contributed by atoms with Gasteiger partial charge in [-0.3, -0.25) is 0 Å². The molecule has 86 valence electrons. The molecule has 0 spiro atoms. The molecule has 1 N–H and O–H groups in total.